The quantitative estimate of drug-likeness (QED) is 0.359. The predicted molar refractivity (Wildman–Crippen MR) is 122 cm³/mol. The number of hydrogen-bond acceptors (Lipinski definition) is 6. The Hall–Kier alpha value is -3.93. The Labute approximate surface area is 200 Å². The van der Waals surface area contributed by atoms with E-state index in [1.165, 1.54) is 47.3 Å². The molecule has 0 spiro atoms. The summed E-state index contributed by atoms with van der Waals surface area (Å²) in [6, 6.07) is 8.23. The molecular weight excluding hydrogens is 483 g/mol. The van der Waals surface area contributed by atoms with Crippen LogP contribution in [0.1, 0.15) is 56.6 Å². The zero-order valence-corrected chi connectivity index (χ0v) is 18.8. The fourth-order valence-electron chi connectivity index (χ4n) is 3.67. The number of primary amides is 1. The van der Waals surface area contributed by atoms with E-state index in [0.29, 0.717) is 16.7 Å². The number of nitrogens with two attached hydrogens (primary N) is 1. The zero-order valence-electron chi connectivity index (χ0n) is 18.0. The number of nitrogens with zero attached hydrogens (tertiary/aromatic N) is 3. The van der Waals surface area contributed by atoms with Gasteiger partial charge in [-0.15, -0.1) is 11.3 Å². The molecule has 0 radical (unpaired) electrons. The number of alkyl halides is 2. The summed E-state index contributed by atoms with van der Waals surface area (Å²) in [5.41, 5.74) is 5.94. The molecule has 1 aliphatic rings. The van der Waals surface area contributed by atoms with Gasteiger partial charge < -0.3 is 15.8 Å². The highest BCUT2D eigenvalue weighted by Crippen LogP contribution is 2.48. The Morgan fingerprint density at radius 2 is 1.97 bits per heavy atom. The first-order valence-electron chi connectivity index (χ1n) is 10.6. The normalized spacial score (nSPS) is 13.4. The number of benzene rings is 1. The molecule has 8 nitrogen and oxygen atoms in total. The lowest BCUT2D eigenvalue weighted by atomic mass is 10.0. The van der Waals surface area contributed by atoms with E-state index in [1.54, 1.807) is 0 Å². The van der Waals surface area contributed by atoms with Crippen LogP contribution in [0.25, 0.3) is 10.2 Å². The molecule has 0 bridgehead atoms. The Balaban J connectivity index is 1.42. The summed E-state index contributed by atoms with van der Waals surface area (Å²) in [5, 5.41) is 7.29. The van der Waals surface area contributed by atoms with Gasteiger partial charge in [-0.05, 0) is 60.7 Å². The minimum atomic E-state index is -2.77. The van der Waals surface area contributed by atoms with Crippen LogP contribution in [0.4, 0.5) is 18.9 Å². The van der Waals surface area contributed by atoms with Crippen molar-refractivity contribution in [3.05, 3.63) is 70.2 Å². The molecule has 0 saturated heterocycles. The molecule has 5 rings (SSSR count). The van der Waals surface area contributed by atoms with E-state index in [2.05, 4.69) is 15.4 Å². The minimum Gasteiger partial charge on any atom is -0.471 e. The van der Waals surface area contributed by atoms with E-state index in [9.17, 15) is 22.8 Å². The predicted octanol–water partition coefficient (Wildman–Crippen LogP) is 4.83. The number of hydrogen-bond donors (Lipinski definition) is 2. The zero-order chi connectivity index (χ0) is 24.7. The van der Waals surface area contributed by atoms with Crippen LogP contribution in [0, 0.1) is 5.82 Å². The smallest absolute Gasteiger partial charge is 0.280 e. The number of ether oxygens (including phenoxy) is 1. The number of halogens is 3. The molecule has 12 heteroatoms. The topological polar surface area (TPSA) is 112 Å². The van der Waals surface area contributed by atoms with Gasteiger partial charge in [0.1, 0.15) is 27.0 Å². The first-order chi connectivity index (χ1) is 16.8. The van der Waals surface area contributed by atoms with Crippen LogP contribution >= 0.6 is 11.3 Å². The van der Waals surface area contributed by atoms with Gasteiger partial charge in [0.2, 0.25) is 0 Å². The van der Waals surface area contributed by atoms with Gasteiger partial charge >= 0.3 is 0 Å². The van der Waals surface area contributed by atoms with Crippen molar-refractivity contribution in [3.8, 4) is 5.75 Å². The van der Waals surface area contributed by atoms with Crippen LogP contribution in [0.3, 0.4) is 0 Å². The first-order valence-corrected chi connectivity index (χ1v) is 11.4. The number of amides is 2. The molecule has 3 aromatic heterocycles. The van der Waals surface area contributed by atoms with Crippen LogP contribution in [0.15, 0.2) is 42.6 Å². The average molecular weight is 501 g/mol. The number of anilines is 1. The molecule has 0 atom stereocenters. The van der Waals surface area contributed by atoms with Gasteiger partial charge in [-0.25, -0.2) is 22.8 Å². The van der Waals surface area contributed by atoms with Crippen molar-refractivity contribution in [1.82, 2.24) is 14.8 Å². The Morgan fingerprint density at radius 1 is 1.23 bits per heavy atom. The standard InChI is InChI=1S/C23H18F3N5O3S/c24-12-3-5-13(6-4-12)34-10-31-8-7-15(30-31)22(33)29-18-17-14(11-1-2-11)9-16(20(25)26)28-23(17)35-19(18)21(27)32/h3-9,11,20H,1-2,10H2,(H2,27,32)(H,29,33). The summed E-state index contributed by atoms with van der Waals surface area (Å²) in [5.74, 6) is -1.34. The second-order valence-corrected chi connectivity index (χ2v) is 8.98. The fourth-order valence-corrected chi connectivity index (χ4v) is 4.69. The van der Waals surface area contributed by atoms with Crippen molar-refractivity contribution in [2.24, 2.45) is 5.73 Å². The van der Waals surface area contributed by atoms with Gasteiger partial charge in [-0.3, -0.25) is 9.59 Å². The van der Waals surface area contributed by atoms with Gasteiger partial charge in [0.15, 0.2) is 12.4 Å². The van der Waals surface area contributed by atoms with E-state index in [4.69, 9.17) is 10.5 Å². The highest BCUT2D eigenvalue weighted by Gasteiger charge is 2.32. The van der Waals surface area contributed by atoms with E-state index >= 15 is 0 Å². The third-order valence-corrected chi connectivity index (χ3v) is 6.56. The number of fused-ring (bicyclic) bond motifs is 1. The molecule has 4 aromatic rings. The van der Waals surface area contributed by atoms with Crippen LogP contribution < -0.4 is 15.8 Å². The molecule has 0 aliphatic heterocycles. The summed E-state index contributed by atoms with van der Waals surface area (Å²) in [6.07, 6.45) is 0.380. The number of pyridine rings is 1. The van der Waals surface area contributed by atoms with Gasteiger partial charge in [-0.2, -0.15) is 5.10 Å². The van der Waals surface area contributed by atoms with E-state index < -0.39 is 24.1 Å². The lowest BCUT2D eigenvalue weighted by molar-refractivity contribution is 0.100. The molecule has 1 fully saturated rings. The summed E-state index contributed by atoms with van der Waals surface area (Å²) < 4.78 is 46.7. The summed E-state index contributed by atoms with van der Waals surface area (Å²) in [7, 11) is 0. The van der Waals surface area contributed by atoms with Crippen molar-refractivity contribution in [1.29, 1.82) is 0 Å². The average Bonchev–Trinajstić information content (AvgIpc) is 3.45. The fraction of sp³-hybridized carbons (Fsp3) is 0.217. The third-order valence-electron chi connectivity index (χ3n) is 5.47. The van der Waals surface area contributed by atoms with E-state index in [-0.39, 0.29) is 39.4 Å². The number of aromatic nitrogens is 3. The van der Waals surface area contributed by atoms with Crippen LogP contribution in [-0.2, 0) is 6.73 Å². The highest BCUT2D eigenvalue weighted by atomic mass is 32.1. The number of nitrogens with one attached hydrogen (secondary N) is 1. The maximum atomic E-state index is 13.4. The highest BCUT2D eigenvalue weighted by molar-refractivity contribution is 7.21. The molecule has 180 valence electrons. The number of rotatable bonds is 8. The Morgan fingerprint density at radius 3 is 2.63 bits per heavy atom. The minimum absolute atomic E-state index is 0.0215. The molecule has 1 aromatic carbocycles. The van der Waals surface area contributed by atoms with E-state index in [0.717, 1.165) is 24.2 Å². The third kappa shape index (κ3) is 4.69. The Kier molecular flexibility index (Phi) is 5.89. The number of carbonyl (C=O) groups is 2. The van der Waals surface area contributed by atoms with Crippen LogP contribution in [0.2, 0.25) is 0 Å². The first kappa shape index (κ1) is 22.8. The van der Waals surface area contributed by atoms with Crippen molar-refractivity contribution in [2.45, 2.75) is 31.9 Å². The monoisotopic (exact) mass is 501 g/mol. The molecule has 3 heterocycles. The van der Waals surface area contributed by atoms with Gasteiger partial charge in [0, 0.05) is 11.6 Å². The maximum absolute atomic E-state index is 13.4. The molecular formula is C23H18F3N5O3S. The van der Waals surface area contributed by atoms with Crippen molar-refractivity contribution in [3.63, 3.8) is 0 Å². The second kappa shape index (κ2) is 9.02. The van der Waals surface area contributed by atoms with E-state index in [1.807, 2.05) is 0 Å². The molecule has 2 amide bonds. The molecule has 0 unspecified atom stereocenters. The molecule has 3 N–H and O–H groups in total. The lowest BCUT2D eigenvalue weighted by Gasteiger charge is -2.09. The SMILES string of the molecule is NC(=O)c1sc2nc(C(F)F)cc(C3CC3)c2c1NC(=O)c1ccn(COc2ccc(F)cc2)n1. The summed E-state index contributed by atoms with van der Waals surface area (Å²) >= 11 is 0.866. The van der Waals surface area contributed by atoms with Crippen molar-refractivity contribution >= 4 is 39.1 Å². The van der Waals surface area contributed by atoms with Crippen LogP contribution in [-0.4, -0.2) is 26.6 Å². The summed E-state index contributed by atoms with van der Waals surface area (Å²) in [4.78, 5) is 29.3. The van der Waals surface area contributed by atoms with Gasteiger partial charge in [0.05, 0.1) is 5.69 Å². The summed E-state index contributed by atoms with van der Waals surface area (Å²) in [6.45, 7) is -0.0288. The van der Waals surface area contributed by atoms with Gasteiger partial charge in [-0.1, -0.05) is 0 Å². The maximum Gasteiger partial charge on any atom is 0.280 e. The van der Waals surface area contributed by atoms with Crippen LogP contribution in [0.5, 0.6) is 5.75 Å². The second-order valence-electron chi connectivity index (χ2n) is 7.98. The lowest BCUT2D eigenvalue weighted by Crippen LogP contribution is -2.18. The molecule has 1 aliphatic carbocycles. The molecule has 1 saturated carbocycles. The molecule has 35 heavy (non-hydrogen) atoms. The van der Waals surface area contributed by atoms with Crippen molar-refractivity contribution < 1.29 is 27.5 Å². The van der Waals surface area contributed by atoms with Gasteiger partial charge in [0.25, 0.3) is 18.2 Å². The largest absolute Gasteiger partial charge is 0.471 e. The number of carbonyl (C=O) groups excluding carboxylic acids is 2. The number of thiophene rings is 1. The Bertz CT molecular complexity index is 1430. The van der Waals surface area contributed by atoms with Crippen molar-refractivity contribution in [2.75, 3.05) is 5.32 Å².